The first kappa shape index (κ1) is 30.0. The van der Waals surface area contributed by atoms with Gasteiger partial charge in [0.05, 0.1) is 34.4 Å². The quantitative estimate of drug-likeness (QED) is 0.193. The Hall–Kier alpha value is -5.04. The molecule has 45 heavy (non-hydrogen) atoms. The summed E-state index contributed by atoms with van der Waals surface area (Å²) in [7, 11) is -3.21. The number of H-pyrrole nitrogens is 2. The van der Waals surface area contributed by atoms with Crippen LogP contribution in [0.4, 0.5) is 10.1 Å². The van der Waals surface area contributed by atoms with Gasteiger partial charge in [-0.15, -0.1) is 0 Å². The molecule has 11 nitrogen and oxygen atoms in total. The average Bonchev–Trinajstić information content (AvgIpc) is 3.58. The summed E-state index contributed by atoms with van der Waals surface area (Å²) in [6.07, 6.45) is 6.58. The third kappa shape index (κ3) is 6.88. The van der Waals surface area contributed by atoms with Gasteiger partial charge in [0.1, 0.15) is 21.2 Å². The third-order valence-corrected chi connectivity index (χ3v) is 8.01. The van der Waals surface area contributed by atoms with E-state index in [1.54, 1.807) is 30.7 Å². The summed E-state index contributed by atoms with van der Waals surface area (Å²) >= 11 is 0. The number of aromatic nitrogens is 7. The predicted octanol–water partition coefficient (Wildman–Crippen LogP) is 5.73. The van der Waals surface area contributed by atoms with E-state index in [0.29, 0.717) is 73.8 Å². The fraction of sp³-hybridized carbons (Fsp3) is 0.250. The van der Waals surface area contributed by atoms with Gasteiger partial charge in [-0.3, -0.25) is 14.9 Å². The molecule has 230 valence electrons. The highest BCUT2D eigenvalue weighted by Gasteiger charge is 2.19. The number of hydrogen-bond donors (Lipinski definition) is 3. The van der Waals surface area contributed by atoms with Gasteiger partial charge >= 0.3 is 0 Å². The molecule has 3 N–H and O–H groups in total. The van der Waals surface area contributed by atoms with Crippen molar-refractivity contribution in [3.8, 4) is 33.9 Å². The van der Waals surface area contributed by atoms with E-state index in [4.69, 9.17) is 4.98 Å². The minimum absolute atomic E-state index is 0.0801. The first-order chi connectivity index (χ1) is 21.3. The maximum absolute atomic E-state index is 14.6. The zero-order chi connectivity index (χ0) is 31.9. The van der Waals surface area contributed by atoms with E-state index in [1.807, 2.05) is 39.0 Å². The normalized spacial score (nSPS) is 12.2. The summed E-state index contributed by atoms with van der Waals surface area (Å²) < 4.78 is 38.0. The van der Waals surface area contributed by atoms with Crippen molar-refractivity contribution >= 4 is 43.6 Å². The average molecular weight is 627 g/mol. The summed E-state index contributed by atoms with van der Waals surface area (Å²) in [5.74, 6) is -0.231. The Bertz CT molecular complexity index is 2180. The molecule has 0 bridgehead atoms. The number of sulfone groups is 1. The number of benzene rings is 1. The van der Waals surface area contributed by atoms with Crippen LogP contribution in [0.3, 0.4) is 0 Å². The first-order valence-corrected chi connectivity index (χ1v) is 16.3. The van der Waals surface area contributed by atoms with Crippen LogP contribution >= 0.6 is 0 Å². The molecule has 5 heterocycles. The van der Waals surface area contributed by atoms with Gasteiger partial charge in [-0.2, -0.15) is 5.10 Å². The zero-order valence-corrected chi connectivity index (χ0v) is 26.0. The van der Waals surface area contributed by atoms with Crippen LogP contribution in [-0.4, -0.2) is 61.5 Å². The Balaban J connectivity index is 1.34. The summed E-state index contributed by atoms with van der Waals surface area (Å²) in [5.41, 5.74) is 6.24. The molecule has 0 spiro atoms. The number of pyridine rings is 3. The maximum Gasteiger partial charge on any atom is 0.224 e. The maximum atomic E-state index is 14.6. The Labute approximate surface area is 258 Å². The molecule has 0 aliphatic rings. The molecule has 0 aliphatic heterocycles. The molecule has 0 saturated carbocycles. The van der Waals surface area contributed by atoms with Gasteiger partial charge in [0.15, 0.2) is 17.2 Å². The standard InChI is InChI=1S/C32H31FN8O3S/c1-32(2,3)15-26(42)36-22-14-20(16-34-17-22)24-5-6-25-28(37-24)29(41-40-25)31-38-27-23(7-9-35-30(27)39-31)19-11-18(12-21(33)13-19)8-10-45(4,43)44/h5-7,9,11-14,16-17H,8,10,15H2,1-4H3,(H,36,42)(H,40,41)(H,35,38,39). The lowest BCUT2D eigenvalue weighted by Gasteiger charge is -2.17. The number of anilines is 1. The number of carbonyl (C=O) groups is 1. The van der Waals surface area contributed by atoms with Crippen LogP contribution in [0.2, 0.25) is 0 Å². The number of rotatable bonds is 8. The SMILES string of the molecule is CC(C)(C)CC(=O)Nc1cncc(-c2ccc3[nH]nc(-c4nc5nccc(-c6cc(F)cc(CCS(C)(=O)=O)c6)c5[nH]4)c3n2)c1. The van der Waals surface area contributed by atoms with E-state index in [-0.39, 0.29) is 23.5 Å². The largest absolute Gasteiger partial charge is 0.335 e. The van der Waals surface area contributed by atoms with Crippen LogP contribution < -0.4 is 5.32 Å². The molecule has 0 fully saturated rings. The minimum Gasteiger partial charge on any atom is -0.335 e. The molecule has 5 aromatic heterocycles. The van der Waals surface area contributed by atoms with E-state index in [1.165, 1.54) is 12.1 Å². The van der Waals surface area contributed by atoms with Gasteiger partial charge in [0.2, 0.25) is 5.91 Å². The number of amides is 1. The van der Waals surface area contributed by atoms with Gasteiger partial charge in [-0.05, 0) is 59.4 Å². The number of halogens is 1. The fourth-order valence-corrected chi connectivity index (χ4v) is 5.68. The Kier molecular flexibility index (Phi) is 7.65. The molecule has 0 unspecified atom stereocenters. The van der Waals surface area contributed by atoms with Crippen molar-refractivity contribution in [2.75, 3.05) is 17.3 Å². The van der Waals surface area contributed by atoms with E-state index in [9.17, 15) is 17.6 Å². The van der Waals surface area contributed by atoms with Crippen LogP contribution in [0.15, 0.2) is 61.1 Å². The lowest BCUT2D eigenvalue weighted by Crippen LogP contribution is -2.19. The van der Waals surface area contributed by atoms with Crippen LogP contribution in [0.1, 0.15) is 32.8 Å². The van der Waals surface area contributed by atoms with Crippen molar-refractivity contribution in [3.05, 3.63) is 72.4 Å². The van der Waals surface area contributed by atoms with Crippen molar-refractivity contribution in [2.45, 2.75) is 33.6 Å². The van der Waals surface area contributed by atoms with E-state index >= 15 is 0 Å². The van der Waals surface area contributed by atoms with E-state index in [0.717, 1.165) is 6.26 Å². The summed E-state index contributed by atoms with van der Waals surface area (Å²) in [4.78, 5) is 34.0. The highest BCUT2D eigenvalue weighted by atomic mass is 32.2. The lowest BCUT2D eigenvalue weighted by molar-refractivity contribution is -0.117. The second-order valence-electron chi connectivity index (χ2n) is 12.3. The monoisotopic (exact) mass is 626 g/mol. The van der Waals surface area contributed by atoms with E-state index in [2.05, 4.69) is 35.5 Å². The zero-order valence-electron chi connectivity index (χ0n) is 25.1. The van der Waals surface area contributed by atoms with Crippen molar-refractivity contribution in [1.29, 1.82) is 0 Å². The molecule has 0 atom stereocenters. The summed E-state index contributed by atoms with van der Waals surface area (Å²) in [6, 6.07) is 11.8. The number of nitrogens with zero attached hydrogens (tertiary/aromatic N) is 5. The second-order valence-corrected chi connectivity index (χ2v) is 14.5. The molecule has 0 saturated heterocycles. The fourth-order valence-electron chi connectivity index (χ4n) is 5.08. The van der Waals surface area contributed by atoms with Crippen molar-refractivity contribution in [3.63, 3.8) is 0 Å². The molecule has 13 heteroatoms. The molecule has 0 radical (unpaired) electrons. The number of fused-ring (bicyclic) bond motifs is 2. The number of aromatic amines is 2. The molecule has 1 aromatic carbocycles. The van der Waals surface area contributed by atoms with Crippen molar-refractivity contribution in [2.24, 2.45) is 5.41 Å². The minimum atomic E-state index is -3.21. The predicted molar refractivity (Wildman–Crippen MR) is 172 cm³/mol. The van der Waals surface area contributed by atoms with Gasteiger partial charge in [0, 0.05) is 36.2 Å². The summed E-state index contributed by atoms with van der Waals surface area (Å²) in [5, 5.41) is 10.4. The Morgan fingerprint density at radius 3 is 2.62 bits per heavy atom. The van der Waals surface area contributed by atoms with Crippen LogP contribution in [0, 0.1) is 11.2 Å². The van der Waals surface area contributed by atoms with Gasteiger partial charge < -0.3 is 10.3 Å². The van der Waals surface area contributed by atoms with Crippen LogP contribution in [0.5, 0.6) is 0 Å². The van der Waals surface area contributed by atoms with Crippen LogP contribution in [-0.2, 0) is 21.1 Å². The number of aryl methyl sites for hydroxylation is 1. The number of nitrogens with one attached hydrogen (secondary N) is 3. The first-order valence-electron chi connectivity index (χ1n) is 14.2. The molecule has 0 aliphatic carbocycles. The molecular weight excluding hydrogens is 595 g/mol. The van der Waals surface area contributed by atoms with Gasteiger partial charge in [-0.25, -0.2) is 27.8 Å². The number of carbonyl (C=O) groups excluding carboxylic acids is 1. The lowest BCUT2D eigenvalue weighted by atomic mass is 9.92. The molecule has 6 aromatic rings. The van der Waals surface area contributed by atoms with Crippen molar-refractivity contribution in [1.82, 2.24) is 35.1 Å². The second kappa shape index (κ2) is 11.5. The van der Waals surface area contributed by atoms with Crippen molar-refractivity contribution < 1.29 is 17.6 Å². The highest BCUT2D eigenvalue weighted by molar-refractivity contribution is 7.90. The van der Waals surface area contributed by atoms with E-state index < -0.39 is 15.7 Å². The van der Waals surface area contributed by atoms with Gasteiger partial charge in [0.25, 0.3) is 0 Å². The molecule has 1 amide bonds. The third-order valence-electron chi connectivity index (χ3n) is 7.06. The van der Waals surface area contributed by atoms with Gasteiger partial charge in [-0.1, -0.05) is 26.8 Å². The molecule has 6 rings (SSSR count). The smallest absolute Gasteiger partial charge is 0.224 e. The topological polar surface area (TPSA) is 159 Å². The Morgan fingerprint density at radius 1 is 1.02 bits per heavy atom. The molecular formula is C32H31FN8O3S. The number of hydrogen-bond acceptors (Lipinski definition) is 8. The Morgan fingerprint density at radius 2 is 1.84 bits per heavy atom. The van der Waals surface area contributed by atoms with Crippen LogP contribution in [0.25, 0.3) is 56.1 Å². The summed E-state index contributed by atoms with van der Waals surface area (Å²) in [6.45, 7) is 6.01. The number of imidazole rings is 1. The highest BCUT2D eigenvalue weighted by Crippen LogP contribution is 2.32.